The van der Waals surface area contributed by atoms with Gasteiger partial charge in [-0.1, -0.05) is 29.3 Å². The van der Waals surface area contributed by atoms with Crippen LogP contribution in [-0.4, -0.2) is 0 Å². The van der Waals surface area contributed by atoms with Gasteiger partial charge in [-0.15, -0.1) is 11.6 Å². The molecule has 0 fully saturated rings. The Morgan fingerprint density at radius 1 is 1.00 bits per heavy atom. The quantitative estimate of drug-likeness (QED) is 0.594. The van der Waals surface area contributed by atoms with Crippen LogP contribution in [0, 0.1) is 18.6 Å². The molecule has 106 valence electrons. The van der Waals surface area contributed by atoms with Gasteiger partial charge in [0.2, 0.25) is 0 Å². The number of benzene rings is 2. The molecule has 2 aromatic carbocycles. The van der Waals surface area contributed by atoms with E-state index in [0.717, 1.165) is 17.7 Å². The van der Waals surface area contributed by atoms with E-state index in [2.05, 4.69) is 0 Å². The van der Waals surface area contributed by atoms with E-state index in [1.54, 1.807) is 18.2 Å². The number of halogens is 5. The lowest BCUT2D eigenvalue weighted by molar-refractivity contribution is 0.575. The fourth-order valence-electron chi connectivity index (χ4n) is 1.89. The van der Waals surface area contributed by atoms with E-state index in [0.29, 0.717) is 16.5 Å². The maximum absolute atomic E-state index is 13.8. The minimum absolute atomic E-state index is 0.140. The maximum Gasteiger partial charge on any atom is 0.128 e. The predicted molar refractivity (Wildman–Crippen MR) is 79.9 cm³/mol. The van der Waals surface area contributed by atoms with Crippen LogP contribution in [0.1, 0.15) is 22.1 Å². The van der Waals surface area contributed by atoms with Crippen LogP contribution >= 0.6 is 34.8 Å². The van der Waals surface area contributed by atoms with Crippen LogP contribution in [0.5, 0.6) is 0 Å². The molecule has 0 aliphatic heterocycles. The average Bonchev–Trinajstić information content (AvgIpc) is 2.38. The van der Waals surface area contributed by atoms with E-state index in [9.17, 15) is 8.78 Å². The van der Waals surface area contributed by atoms with Crippen LogP contribution in [0.2, 0.25) is 10.0 Å². The Morgan fingerprint density at radius 2 is 1.70 bits per heavy atom. The summed E-state index contributed by atoms with van der Waals surface area (Å²) < 4.78 is 27.3. The summed E-state index contributed by atoms with van der Waals surface area (Å²) in [5.41, 5.74) is 1.20. The first-order chi connectivity index (χ1) is 9.38. The Morgan fingerprint density at radius 3 is 2.35 bits per heavy atom. The van der Waals surface area contributed by atoms with Gasteiger partial charge in [0.05, 0.1) is 15.4 Å². The van der Waals surface area contributed by atoms with Crippen LogP contribution in [-0.2, 0) is 6.42 Å². The average molecular weight is 336 g/mol. The van der Waals surface area contributed by atoms with Crippen molar-refractivity contribution in [1.82, 2.24) is 0 Å². The molecule has 2 aromatic rings. The van der Waals surface area contributed by atoms with Gasteiger partial charge in [0.1, 0.15) is 11.6 Å². The summed E-state index contributed by atoms with van der Waals surface area (Å²) in [4.78, 5) is 0. The Balaban J connectivity index is 2.25. The molecule has 1 atom stereocenters. The summed E-state index contributed by atoms with van der Waals surface area (Å²) in [6.45, 7) is 1.50. The van der Waals surface area contributed by atoms with Crippen molar-refractivity contribution in [2.75, 3.05) is 0 Å². The predicted octanol–water partition coefficient (Wildman–Crippen LogP) is 6.10. The Labute approximate surface area is 131 Å². The lowest BCUT2D eigenvalue weighted by atomic mass is 10.0. The van der Waals surface area contributed by atoms with Gasteiger partial charge in [0.15, 0.2) is 0 Å². The van der Waals surface area contributed by atoms with Crippen molar-refractivity contribution in [3.8, 4) is 0 Å². The zero-order valence-electron chi connectivity index (χ0n) is 10.6. The second-order valence-corrected chi connectivity index (χ2v) is 5.88. The molecule has 0 N–H and O–H groups in total. The van der Waals surface area contributed by atoms with Gasteiger partial charge < -0.3 is 0 Å². The molecule has 20 heavy (non-hydrogen) atoms. The first kappa shape index (κ1) is 15.6. The Kier molecular flexibility index (Phi) is 4.90. The zero-order valence-corrected chi connectivity index (χ0v) is 12.8. The highest BCUT2D eigenvalue weighted by atomic mass is 35.5. The van der Waals surface area contributed by atoms with Crippen LogP contribution in [0.4, 0.5) is 8.78 Å². The SMILES string of the molecule is Cc1cc(F)c(C(Cl)Cc2ccc(Cl)c(Cl)c2)cc1F. The van der Waals surface area contributed by atoms with E-state index in [4.69, 9.17) is 34.8 Å². The molecule has 0 aromatic heterocycles. The van der Waals surface area contributed by atoms with Gasteiger partial charge in [-0.05, 0) is 48.7 Å². The van der Waals surface area contributed by atoms with E-state index in [1.807, 2.05) is 0 Å². The van der Waals surface area contributed by atoms with Crippen molar-refractivity contribution < 1.29 is 8.78 Å². The second kappa shape index (κ2) is 6.30. The van der Waals surface area contributed by atoms with Gasteiger partial charge in [-0.3, -0.25) is 0 Å². The van der Waals surface area contributed by atoms with Crippen molar-refractivity contribution in [3.63, 3.8) is 0 Å². The molecule has 0 bridgehead atoms. The van der Waals surface area contributed by atoms with E-state index in [-0.39, 0.29) is 11.1 Å². The highest BCUT2D eigenvalue weighted by Crippen LogP contribution is 2.31. The zero-order chi connectivity index (χ0) is 14.9. The fourth-order valence-corrected chi connectivity index (χ4v) is 2.55. The van der Waals surface area contributed by atoms with Gasteiger partial charge >= 0.3 is 0 Å². The summed E-state index contributed by atoms with van der Waals surface area (Å²) in [7, 11) is 0. The van der Waals surface area contributed by atoms with Crippen molar-refractivity contribution in [2.24, 2.45) is 0 Å². The van der Waals surface area contributed by atoms with E-state index in [1.165, 1.54) is 6.92 Å². The highest BCUT2D eigenvalue weighted by Gasteiger charge is 2.16. The molecule has 0 aliphatic carbocycles. The summed E-state index contributed by atoms with van der Waals surface area (Å²) in [6.07, 6.45) is 0.331. The number of alkyl halides is 1. The Bertz CT molecular complexity index is 641. The monoisotopic (exact) mass is 334 g/mol. The molecule has 0 saturated heterocycles. The van der Waals surface area contributed by atoms with E-state index < -0.39 is 17.0 Å². The molecule has 0 amide bonds. The third-order valence-corrected chi connectivity index (χ3v) is 4.14. The molecule has 1 unspecified atom stereocenters. The summed E-state index contributed by atoms with van der Waals surface area (Å²) in [5.74, 6) is -0.981. The normalized spacial score (nSPS) is 12.5. The Hall–Kier alpha value is -0.830. The third kappa shape index (κ3) is 3.43. The summed E-state index contributed by atoms with van der Waals surface area (Å²) in [5, 5.41) is 0.167. The first-order valence-corrected chi connectivity index (χ1v) is 7.11. The minimum Gasteiger partial charge on any atom is -0.207 e. The standard InChI is InChI=1S/C15H11Cl3F2/c1-8-4-15(20)10(7-14(8)19)12(17)5-9-2-3-11(16)13(18)6-9/h2-4,6-7,12H,5H2,1H3. The molecule has 0 spiro atoms. The topological polar surface area (TPSA) is 0 Å². The number of rotatable bonds is 3. The molecular formula is C15H11Cl3F2. The molecule has 5 heteroatoms. The van der Waals surface area contributed by atoms with Gasteiger partial charge in [-0.25, -0.2) is 8.78 Å². The van der Waals surface area contributed by atoms with Crippen molar-refractivity contribution in [3.05, 3.63) is 68.7 Å². The number of hydrogen-bond donors (Lipinski definition) is 0. The first-order valence-electron chi connectivity index (χ1n) is 5.92. The summed E-state index contributed by atoms with van der Waals surface area (Å²) in [6, 6.07) is 7.36. The van der Waals surface area contributed by atoms with Crippen LogP contribution in [0.3, 0.4) is 0 Å². The number of aryl methyl sites for hydroxylation is 1. The van der Waals surface area contributed by atoms with Crippen molar-refractivity contribution in [1.29, 1.82) is 0 Å². The van der Waals surface area contributed by atoms with Crippen molar-refractivity contribution in [2.45, 2.75) is 18.7 Å². The lowest BCUT2D eigenvalue weighted by Gasteiger charge is -2.13. The van der Waals surface area contributed by atoms with Crippen molar-refractivity contribution >= 4 is 34.8 Å². The van der Waals surface area contributed by atoms with Crippen LogP contribution in [0.15, 0.2) is 30.3 Å². The maximum atomic E-state index is 13.8. The molecule has 0 nitrogen and oxygen atoms in total. The molecule has 0 saturated carbocycles. The van der Waals surface area contributed by atoms with E-state index >= 15 is 0 Å². The summed E-state index contributed by atoms with van der Waals surface area (Å²) >= 11 is 17.9. The third-order valence-electron chi connectivity index (χ3n) is 3.01. The van der Waals surface area contributed by atoms with Crippen LogP contribution in [0.25, 0.3) is 0 Å². The van der Waals surface area contributed by atoms with Gasteiger partial charge in [-0.2, -0.15) is 0 Å². The highest BCUT2D eigenvalue weighted by molar-refractivity contribution is 6.42. The minimum atomic E-state index is -0.678. The van der Waals surface area contributed by atoms with Gasteiger partial charge in [0, 0.05) is 5.56 Å². The molecular weight excluding hydrogens is 325 g/mol. The smallest absolute Gasteiger partial charge is 0.128 e. The van der Waals surface area contributed by atoms with Crippen LogP contribution < -0.4 is 0 Å². The largest absolute Gasteiger partial charge is 0.207 e. The molecule has 2 rings (SSSR count). The van der Waals surface area contributed by atoms with Gasteiger partial charge in [0.25, 0.3) is 0 Å². The fraction of sp³-hybridized carbons (Fsp3) is 0.200. The molecule has 0 radical (unpaired) electrons. The number of hydrogen-bond acceptors (Lipinski definition) is 0. The molecule has 0 heterocycles. The molecule has 0 aliphatic rings. The second-order valence-electron chi connectivity index (χ2n) is 4.54. The lowest BCUT2D eigenvalue weighted by Crippen LogP contribution is -2.01.